The second-order valence-electron chi connectivity index (χ2n) is 2.31. The van der Waals surface area contributed by atoms with Gasteiger partial charge in [0.1, 0.15) is 5.75 Å². The number of benzene rings is 1. The highest BCUT2D eigenvalue weighted by Crippen LogP contribution is 2.20. The number of rotatable bonds is 2. The summed E-state index contributed by atoms with van der Waals surface area (Å²) in [4.78, 5) is 10.8. The van der Waals surface area contributed by atoms with E-state index in [-0.39, 0.29) is 11.4 Å². The summed E-state index contributed by atoms with van der Waals surface area (Å²) in [6.07, 6.45) is 0. The monoisotopic (exact) mass is 215 g/mol. The number of amides is 2. The van der Waals surface area contributed by atoms with Crippen LogP contribution in [0.4, 0.5) is 10.5 Å². The van der Waals surface area contributed by atoms with Gasteiger partial charge in [-0.3, -0.25) is 8.93 Å². The highest BCUT2D eigenvalue weighted by Gasteiger charge is 2.03. The fourth-order valence-electron chi connectivity index (χ4n) is 0.803. The Labute approximate surface area is 82.4 Å². The Bertz CT molecular complexity index is 368. The third-order valence-corrected chi connectivity index (χ3v) is 1.68. The minimum Gasteiger partial charge on any atom is -0.755 e. The first-order chi connectivity index (χ1) is 6.59. The van der Waals surface area contributed by atoms with Gasteiger partial charge < -0.3 is 15.0 Å². The van der Waals surface area contributed by atoms with Crippen molar-refractivity contribution in [2.45, 2.75) is 0 Å². The number of hydrogen-bond donors (Lipinski definition) is 3. The Kier molecular flexibility index (Phi) is 3.43. The lowest BCUT2D eigenvalue weighted by molar-refractivity contribution is 0.256. The summed E-state index contributed by atoms with van der Waals surface area (Å²) >= 11 is -2.67. The molecule has 0 aromatic heterocycles. The molecule has 0 saturated heterocycles. The zero-order valence-electron chi connectivity index (χ0n) is 6.89. The van der Waals surface area contributed by atoms with E-state index in [4.69, 9.17) is 0 Å². The summed E-state index contributed by atoms with van der Waals surface area (Å²) in [5.41, 5.74) is 0.135. The molecule has 1 unspecified atom stereocenters. The maximum absolute atomic E-state index is 10.8. The van der Waals surface area contributed by atoms with Crippen LogP contribution in [-0.2, 0) is 11.3 Å². The van der Waals surface area contributed by atoms with Crippen molar-refractivity contribution in [3.8, 4) is 5.75 Å². The molecular weight excluding hydrogens is 208 g/mol. The third-order valence-electron chi connectivity index (χ3n) is 1.33. The molecule has 1 aromatic carbocycles. The molecule has 0 aliphatic heterocycles. The second kappa shape index (κ2) is 4.58. The highest BCUT2D eigenvalue weighted by atomic mass is 32.2. The largest absolute Gasteiger partial charge is 0.755 e. The van der Waals surface area contributed by atoms with Gasteiger partial charge in [0.15, 0.2) is 0 Å². The number of anilines is 1. The Balaban J connectivity index is 2.65. The van der Waals surface area contributed by atoms with E-state index >= 15 is 0 Å². The normalized spacial score (nSPS) is 11.8. The highest BCUT2D eigenvalue weighted by molar-refractivity contribution is 7.77. The summed E-state index contributed by atoms with van der Waals surface area (Å²) in [6.45, 7) is 0. The fourth-order valence-corrected chi connectivity index (χ4v) is 1.01. The number of phenols is 1. The molecule has 14 heavy (non-hydrogen) atoms. The van der Waals surface area contributed by atoms with Crippen molar-refractivity contribution < 1.29 is 18.7 Å². The zero-order valence-corrected chi connectivity index (χ0v) is 7.71. The first-order valence-electron chi connectivity index (χ1n) is 3.54. The van der Waals surface area contributed by atoms with E-state index in [1.165, 1.54) is 12.1 Å². The zero-order chi connectivity index (χ0) is 10.6. The molecule has 7 heteroatoms. The van der Waals surface area contributed by atoms with Crippen molar-refractivity contribution in [3.63, 3.8) is 0 Å². The van der Waals surface area contributed by atoms with Crippen LogP contribution in [0.1, 0.15) is 0 Å². The van der Waals surface area contributed by atoms with Gasteiger partial charge in [-0.15, -0.1) is 0 Å². The molecule has 2 amide bonds. The Hall–Kier alpha value is -1.60. The van der Waals surface area contributed by atoms with Crippen molar-refractivity contribution in [1.82, 2.24) is 4.72 Å². The molecule has 0 bridgehead atoms. The first kappa shape index (κ1) is 10.5. The molecule has 76 valence electrons. The van der Waals surface area contributed by atoms with Crippen LogP contribution in [0.3, 0.4) is 0 Å². The van der Waals surface area contributed by atoms with E-state index < -0.39 is 17.3 Å². The number of carbonyl (C=O) groups is 1. The number of phenolic OH excluding ortho intramolecular Hbond substituents is 1. The summed E-state index contributed by atoms with van der Waals surface area (Å²) in [6, 6.07) is 5.03. The van der Waals surface area contributed by atoms with Crippen LogP contribution >= 0.6 is 0 Å². The average molecular weight is 215 g/mol. The van der Waals surface area contributed by atoms with E-state index in [2.05, 4.69) is 5.32 Å². The minimum atomic E-state index is -2.67. The van der Waals surface area contributed by atoms with Crippen LogP contribution in [0.25, 0.3) is 0 Å². The third kappa shape index (κ3) is 3.04. The smallest absolute Gasteiger partial charge is 0.330 e. The number of hydrogen-bond acceptors (Lipinski definition) is 4. The molecule has 0 spiro atoms. The minimum absolute atomic E-state index is 0.135. The Morgan fingerprint density at radius 3 is 2.64 bits per heavy atom. The maximum Gasteiger partial charge on any atom is 0.330 e. The van der Waals surface area contributed by atoms with E-state index in [9.17, 15) is 18.7 Å². The number of nitrogens with one attached hydrogen (secondary N) is 2. The number of carbonyl (C=O) groups excluding carboxylic acids is 1. The summed E-state index contributed by atoms with van der Waals surface area (Å²) in [7, 11) is 0. The quantitative estimate of drug-likeness (QED) is 0.488. The summed E-state index contributed by atoms with van der Waals surface area (Å²) < 4.78 is 21.7. The topological polar surface area (TPSA) is 101 Å². The van der Waals surface area contributed by atoms with Gasteiger partial charge in [0, 0.05) is 11.3 Å². The van der Waals surface area contributed by atoms with Crippen LogP contribution in [0.15, 0.2) is 24.3 Å². The lowest BCUT2D eigenvalue weighted by Crippen LogP contribution is -2.30. The van der Waals surface area contributed by atoms with E-state index in [1.807, 2.05) is 0 Å². The van der Waals surface area contributed by atoms with Gasteiger partial charge >= 0.3 is 6.03 Å². The van der Waals surface area contributed by atoms with Gasteiger partial charge in [-0.05, 0) is 12.1 Å². The maximum atomic E-state index is 10.8. The van der Waals surface area contributed by atoms with Crippen LogP contribution in [-0.4, -0.2) is 19.9 Å². The Morgan fingerprint density at radius 1 is 1.43 bits per heavy atom. The van der Waals surface area contributed by atoms with Crippen molar-refractivity contribution in [2.24, 2.45) is 0 Å². The number of urea groups is 1. The standard InChI is InChI=1S/C7H8N2O4S/c10-6-4-2-1-3-5(6)8-7(11)9-14(12)13/h1-4,10H,(H,12,13)(H2,8,9,11)/p-1. The van der Waals surface area contributed by atoms with Crippen molar-refractivity contribution in [2.75, 3.05) is 5.32 Å². The molecule has 0 radical (unpaired) electrons. The molecule has 0 fully saturated rings. The van der Waals surface area contributed by atoms with Crippen molar-refractivity contribution >= 4 is 23.0 Å². The number of para-hydroxylation sites is 2. The van der Waals surface area contributed by atoms with E-state index in [0.717, 1.165) is 0 Å². The van der Waals surface area contributed by atoms with Gasteiger partial charge in [0.05, 0.1) is 5.69 Å². The molecule has 1 rings (SSSR count). The van der Waals surface area contributed by atoms with Crippen LogP contribution < -0.4 is 10.0 Å². The molecule has 0 saturated carbocycles. The first-order valence-corrected chi connectivity index (χ1v) is 4.62. The second-order valence-corrected chi connectivity index (χ2v) is 2.98. The van der Waals surface area contributed by atoms with Gasteiger partial charge in [-0.2, -0.15) is 0 Å². The van der Waals surface area contributed by atoms with Crippen molar-refractivity contribution in [1.29, 1.82) is 0 Å². The van der Waals surface area contributed by atoms with Gasteiger partial charge in [0.2, 0.25) is 0 Å². The van der Waals surface area contributed by atoms with Crippen LogP contribution in [0, 0.1) is 0 Å². The van der Waals surface area contributed by atoms with Crippen LogP contribution in [0.5, 0.6) is 5.75 Å². The Morgan fingerprint density at radius 2 is 2.07 bits per heavy atom. The molecule has 1 aromatic rings. The lowest BCUT2D eigenvalue weighted by Gasteiger charge is -2.09. The molecule has 1 atom stereocenters. The average Bonchev–Trinajstić information content (AvgIpc) is 2.07. The predicted molar refractivity (Wildman–Crippen MR) is 49.2 cm³/mol. The van der Waals surface area contributed by atoms with E-state index in [0.29, 0.717) is 0 Å². The van der Waals surface area contributed by atoms with Crippen LogP contribution in [0.2, 0.25) is 0 Å². The lowest BCUT2D eigenvalue weighted by atomic mass is 10.3. The van der Waals surface area contributed by atoms with Gasteiger partial charge in [0.25, 0.3) is 0 Å². The fraction of sp³-hybridized carbons (Fsp3) is 0. The SMILES string of the molecule is O=C(Nc1ccccc1O)NS(=O)[O-]. The van der Waals surface area contributed by atoms with Crippen molar-refractivity contribution in [3.05, 3.63) is 24.3 Å². The predicted octanol–water partition coefficient (Wildman–Crippen LogP) is 0.308. The molecule has 0 aliphatic carbocycles. The summed E-state index contributed by atoms with van der Waals surface area (Å²) in [5.74, 6) is -0.140. The molecular formula is C7H7N2O4S-. The van der Waals surface area contributed by atoms with E-state index in [1.54, 1.807) is 16.9 Å². The van der Waals surface area contributed by atoms with Gasteiger partial charge in [-0.25, -0.2) is 4.79 Å². The molecule has 0 aliphatic rings. The molecule has 3 N–H and O–H groups in total. The number of aromatic hydroxyl groups is 1. The summed E-state index contributed by atoms with van der Waals surface area (Å²) in [5, 5.41) is 11.3. The molecule has 0 heterocycles. The van der Waals surface area contributed by atoms with Gasteiger partial charge in [-0.1, -0.05) is 12.1 Å². The molecule has 6 nitrogen and oxygen atoms in total.